The highest BCUT2D eigenvalue weighted by molar-refractivity contribution is 5.72. The monoisotopic (exact) mass is 481 g/mol. The molecule has 2 saturated heterocycles. The van der Waals surface area contributed by atoms with Gasteiger partial charge in [0.1, 0.15) is 17.9 Å². The summed E-state index contributed by atoms with van der Waals surface area (Å²) in [5.41, 5.74) is 0.833. The van der Waals surface area contributed by atoms with E-state index in [4.69, 9.17) is 0 Å². The zero-order chi connectivity index (χ0) is 24.1. The topological polar surface area (TPSA) is 63.0 Å². The first kappa shape index (κ1) is 22.7. The van der Waals surface area contributed by atoms with Crippen molar-refractivity contribution in [1.29, 1.82) is 0 Å². The van der Waals surface area contributed by atoms with Crippen LogP contribution < -0.4 is 9.80 Å². The van der Waals surface area contributed by atoms with Crippen molar-refractivity contribution in [2.45, 2.75) is 45.3 Å². The van der Waals surface area contributed by atoms with Crippen LogP contribution in [0.3, 0.4) is 0 Å². The standard InChI is InChI=1S/C22H24F5N7/c1-14-19(31-20-16(30-14)11-29-34(20)12-17(23)24)32-7-3-21(4-8-32)5-9-33(13-21)18-10-15(2-6-28-18)22(25,26)27/h2,6,10-11,17H,3-5,7-9,12-13H2,1H3. The first-order valence-electron chi connectivity index (χ1n) is 11.2. The fraction of sp³-hybridized carbons (Fsp3) is 0.545. The average molecular weight is 481 g/mol. The Morgan fingerprint density at radius 1 is 1.06 bits per heavy atom. The van der Waals surface area contributed by atoms with Gasteiger partial charge in [0.2, 0.25) is 0 Å². The summed E-state index contributed by atoms with van der Waals surface area (Å²) in [5, 5.41) is 3.99. The summed E-state index contributed by atoms with van der Waals surface area (Å²) >= 11 is 0. The second kappa shape index (κ2) is 8.31. The quantitative estimate of drug-likeness (QED) is 0.518. The van der Waals surface area contributed by atoms with E-state index >= 15 is 0 Å². The van der Waals surface area contributed by atoms with Gasteiger partial charge in [0.25, 0.3) is 6.43 Å². The predicted octanol–water partition coefficient (Wildman–Crippen LogP) is 4.31. The molecule has 34 heavy (non-hydrogen) atoms. The first-order valence-corrected chi connectivity index (χ1v) is 11.2. The predicted molar refractivity (Wildman–Crippen MR) is 116 cm³/mol. The van der Waals surface area contributed by atoms with Crippen LogP contribution in [-0.2, 0) is 12.7 Å². The van der Waals surface area contributed by atoms with Gasteiger partial charge in [0.05, 0.1) is 17.5 Å². The number of halogens is 5. The number of aromatic nitrogens is 5. The molecule has 3 aromatic rings. The highest BCUT2D eigenvalue weighted by Gasteiger charge is 2.42. The number of alkyl halides is 5. The Morgan fingerprint density at radius 3 is 2.44 bits per heavy atom. The van der Waals surface area contributed by atoms with Crippen molar-refractivity contribution >= 4 is 22.8 Å². The van der Waals surface area contributed by atoms with Crippen molar-refractivity contribution in [3.63, 3.8) is 0 Å². The van der Waals surface area contributed by atoms with Crippen LogP contribution >= 0.6 is 0 Å². The highest BCUT2D eigenvalue weighted by atomic mass is 19.4. The average Bonchev–Trinajstić information content (AvgIpc) is 3.37. The van der Waals surface area contributed by atoms with E-state index in [1.54, 1.807) is 0 Å². The highest BCUT2D eigenvalue weighted by Crippen LogP contribution is 2.43. The lowest BCUT2D eigenvalue weighted by molar-refractivity contribution is -0.137. The molecular formula is C22H24F5N7. The minimum atomic E-state index is -4.40. The zero-order valence-electron chi connectivity index (χ0n) is 18.6. The second-order valence-electron chi connectivity index (χ2n) is 9.12. The molecule has 5 heterocycles. The Kier molecular flexibility index (Phi) is 5.56. The van der Waals surface area contributed by atoms with Gasteiger partial charge < -0.3 is 9.80 Å². The molecule has 0 atom stereocenters. The number of nitrogens with zero attached hydrogens (tertiary/aromatic N) is 7. The molecule has 0 radical (unpaired) electrons. The molecule has 0 aliphatic carbocycles. The summed E-state index contributed by atoms with van der Waals surface area (Å²) < 4.78 is 66.2. The van der Waals surface area contributed by atoms with E-state index < -0.39 is 24.7 Å². The largest absolute Gasteiger partial charge is 0.416 e. The van der Waals surface area contributed by atoms with Gasteiger partial charge in [-0.3, -0.25) is 0 Å². The maximum atomic E-state index is 13.1. The van der Waals surface area contributed by atoms with E-state index in [9.17, 15) is 22.0 Å². The van der Waals surface area contributed by atoms with Gasteiger partial charge in [-0.05, 0) is 43.7 Å². The Bertz CT molecular complexity index is 1180. The Labute approximate surface area is 192 Å². The van der Waals surface area contributed by atoms with Crippen molar-refractivity contribution in [3.8, 4) is 0 Å². The molecule has 5 rings (SSSR count). The minimum Gasteiger partial charge on any atom is -0.356 e. The molecule has 0 amide bonds. The normalized spacial score (nSPS) is 18.6. The van der Waals surface area contributed by atoms with Gasteiger partial charge in [0.15, 0.2) is 11.5 Å². The third-order valence-electron chi connectivity index (χ3n) is 6.89. The molecule has 0 aromatic carbocycles. The number of rotatable bonds is 4. The lowest BCUT2D eigenvalue weighted by atomic mass is 9.78. The molecule has 7 nitrogen and oxygen atoms in total. The van der Waals surface area contributed by atoms with Gasteiger partial charge in [-0.25, -0.2) is 28.4 Å². The van der Waals surface area contributed by atoms with Gasteiger partial charge in [0, 0.05) is 32.4 Å². The van der Waals surface area contributed by atoms with Crippen LogP contribution in [-0.4, -0.2) is 57.3 Å². The van der Waals surface area contributed by atoms with Crippen molar-refractivity contribution in [2.75, 3.05) is 36.0 Å². The molecule has 12 heteroatoms. The van der Waals surface area contributed by atoms with Gasteiger partial charge in [-0.1, -0.05) is 0 Å². The fourth-order valence-electron chi connectivity index (χ4n) is 5.04. The Hall–Kier alpha value is -3.05. The minimum absolute atomic E-state index is 0.00466. The van der Waals surface area contributed by atoms with Gasteiger partial charge >= 0.3 is 6.18 Å². The van der Waals surface area contributed by atoms with Crippen LogP contribution in [0.15, 0.2) is 24.5 Å². The van der Waals surface area contributed by atoms with E-state index in [1.807, 2.05) is 11.8 Å². The molecule has 2 aliphatic heterocycles. The molecule has 2 fully saturated rings. The van der Waals surface area contributed by atoms with Crippen molar-refractivity contribution in [1.82, 2.24) is 24.7 Å². The second-order valence-corrected chi connectivity index (χ2v) is 9.12. The molecule has 0 bridgehead atoms. The van der Waals surface area contributed by atoms with E-state index in [2.05, 4.69) is 25.0 Å². The summed E-state index contributed by atoms with van der Waals surface area (Å²) in [5.74, 6) is 1.02. The summed E-state index contributed by atoms with van der Waals surface area (Å²) in [6.45, 7) is 4.02. The van der Waals surface area contributed by atoms with Crippen molar-refractivity contribution < 1.29 is 22.0 Å². The molecule has 1 spiro atoms. The lowest BCUT2D eigenvalue weighted by Crippen LogP contribution is -2.42. The third-order valence-corrected chi connectivity index (χ3v) is 6.89. The van der Waals surface area contributed by atoms with E-state index in [0.717, 1.165) is 31.4 Å². The number of pyridine rings is 1. The van der Waals surface area contributed by atoms with Crippen LogP contribution in [0.2, 0.25) is 0 Å². The molecule has 3 aromatic heterocycles. The molecule has 0 N–H and O–H groups in total. The zero-order valence-corrected chi connectivity index (χ0v) is 18.6. The lowest BCUT2D eigenvalue weighted by Gasteiger charge is -2.40. The van der Waals surface area contributed by atoms with Crippen molar-refractivity contribution in [2.24, 2.45) is 5.41 Å². The smallest absolute Gasteiger partial charge is 0.356 e. The van der Waals surface area contributed by atoms with E-state index in [0.29, 0.717) is 54.7 Å². The maximum Gasteiger partial charge on any atom is 0.416 e. The number of piperidine rings is 1. The molecule has 0 unspecified atom stereocenters. The number of hydrogen-bond acceptors (Lipinski definition) is 6. The summed E-state index contributed by atoms with van der Waals surface area (Å²) in [6.07, 6.45) is -1.71. The number of anilines is 2. The van der Waals surface area contributed by atoms with Crippen LogP contribution in [0.4, 0.5) is 33.6 Å². The van der Waals surface area contributed by atoms with Crippen molar-refractivity contribution in [3.05, 3.63) is 35.8 Å². The van der Waals surface area contributed by atoms with Gasteiger partial charge in [-0.15, -0.1) is 0 Å². The number of fused-ring (bicyclic) bond motifs is 1. The molecule has 182 valence electrons. The SMILES string of the molecule is Cc1nc2cnn(CC(F)F)c2nc1N1CCC2(CCN(c3cc(C(F)(F)F)ccn3)C2)CC1. The van der Waals surface area contributed by atoms with Crippen LogP contribution in [0.5, 0.6) is 0 Å². The van der Waals surface area contributed by atoms with E-state index in [-0.39, 0.29) is 5.41 Å². The molecule has 0 saturated carbocycles. The summed E-state index contributed by atoms with van der Waals surface area (Å²) in [6, 6.07) is 2.10. The summed E-state index contributed by atoms with van der Waals surface area (Å²) in [7, 11) is 0. The third kappa shape index (κ3) is 4.25. The van der Waals surface area contributed by atoms with Crippen LogP contribution in [0.1, 0.15) is 30.5 Å². The first-order chi connectivity index (χ1) is 16.1. The maximum absolute atomic E-state index is 13.1. The van der Waals surface area contributed by atoms with Crippen LogP contribution in [0.25, 0.3) is 11.2 Å². The fourth-order valence-corrected chi connectivity index (χ4v) is 5.04. The Balaban J connectivity index is 1.30. The van der Waals surface area contributed by atoms with Crippen LogP contribution in [0, 0.1) is 12.3 Å². The Morgan fingerprint density at radius 2 is 1.76 bits per heavy atom. The summed E-state index contributed by atoms with van der Waals surface area (Å²) in [4.78, 5) is 17.4. The molecule has 2 aliphatic rings. The number of aryl methyl sites for hydroxylation is 1. The van der Waals surface area contributed by atoms with E-state index in [1.165, 1.54) is 17.1 Å². The number of hydrogen-bond donors (Lipinski definition) is 0. The van der Waals surface area contributed by atoms with Gasteiger partial charge in [-0.2, -0.15) is 18.3 Å². The molecular weight excluding hydrogens is 457 g/mol.